The van der Waals surface area contributed by atoms with E-state index in [4.69, 9.17) is 9.47 Å². The summed E-state index contributed by atoms with van der Waals surface area (Å²) in [6.45, 7) is 13.0. The lowest BCUT2D eigenvalue weighted by molar-refractivity contribution is -0.156. The van der Waals surface area contributed by atoms with Crippen LogP contribution in [0, 0.1) is 5.92 Å². The van der Waals surface area contributed by atoms with Gasteiger partial charge < -0.3 is 40.2 Å². The first-order valence-electron chi connectivity index (χ1n) is 11.7. The summed E-state index contributed by atoms with van der Waals surface area (Å²) in [7, 11) is -1.61. The number of nitrogens with zero attached hydrogens (tertiary/aromatic N) is 1. The Labute approximate surface area is 206 Å². The number of carboxylic acid groups (broad SMARTS) is 1. The molecule has 3 amide bonds. The predicted molar refractivity (Wildman–Crippen MR) is 127 cm³/mol. The van der Waals surface area contributed by atoms with Crippen molar-refractivity contribution in [3.63, 3.8) is 0 Å². The molecule has 1 aliphatic heterocycles. The lowest BCUT2D eigenvalue weighted by atomic mass is 9.72. The number of ether oxygens (including phenoxy) is 2. The quantitative estimate of drug-likeness (QED) is 0.323. The highest BCUT2D eigenvalue weighted by Gasteiger charge is 2.54. The normalized spacial score (nSPS) is 23.7. The van der Waals surface area contributed by atoms with E-state index in [1.54, 1.807) is 41.5 Å². The van der Waals surface area contributed by atoms with E-state index in [1.165, 1.54) is 18.7 Å². The fourth-order valence-electron chi connectivity index (χ4n) is 4.01. The van der Waals surface area contributed by atoms with Gasteiger partial charge in [0.15, 0.2) is 5.54 Å². The lowest BCUT2D eigenvalue weighted by Gasteiger charge is -2.49. The van der Waals surface area contributed by atoms with E-state index in [2.05, 4.69) is 10.6 Å². The average molecular weight is 501 g/mol. The number of hydrogen-bond donors (Lipinski definition) is 5. The number of carboxylic acids is 1. The van der Waals surface area contributed by atoms with Gasteiger partial charge in [0.05, 0.1) is 6.04 Å². The number of alkyl carbamates (subject to hydrolysis) is 2. The van der Waals surface area contributed by atoms with E-state index >= 15 is 0 Å². The molecule has 1 fully saturated rings. The molecule has 13 heteroatoms. The van der Waals surface area contributed by atoms with E-state index in [9.17, 15) is 34.3 Å². The zero-order valence-corrected chi connectivity index (χ0v) is 21.9. The molecule has 5 N–H and O–H groups in total. The SMILES string of the molecule is C[C@H](NC(=O)OC(C)(C)C)C(=O)N1C[C@@H](CCB(O)O)C[C@](NC(=O)OC(C)(C)C)(C(=O)O)[C@@H]1C. The molecule has 0 aromatic rings. The van der Waals surface area contributed by atoms with Gasteiger partial charge in [0.1, 0.15) is 17.2 Å². The number of nitrogens with one attached hydrogen (secondary N) is 2. The third-order valence-electron chi connectivity index (χ3n) is 5.57. The van der Waals surface area contributed by atoms with E-state index in [0.29, 0.717) is 0 Å². The molecule has 1 aliphatic rings. The zero-order valence-electron chi connectivity index (χ0n) is 21.9. The summed E-state index contributed by atoms with van der Waals surface area (Å²) in [5.74, 6) is -2.43. The van der Waals surface area contributed by atoms with Crippen molar-refractivity contribution in [1.29, 1.82) is 0 Å². The van der Waals surface area contributed by atoms with Crippen LogP contribution in [0.1, 0.15) is 68.2 Å². The highest BCUT2D eigenvalue weighted by molar-refractivity contribution is 6.40. The molecule has 0 bridgehead atoms. The molecule has 0 aromatic carbocycles. The maximum atomic E-state index is 13.3. The van der Waals surface area contributed by atoms with Crippen molar-refractivity contribution in [3.8, 4) is 0 Å². The summed E-state index contributed by atoms with van der Waals surface area (Å²) in [5, 5.41) is 33.8. The van der Waals surface area contributed by atoms with Gasteiger partial charge in [0.2, 0.25) is 5.91 Å². The number of amides is 3. The third kappa shape index (κ3) is 9.21. The Morgan fingerprint density at radius 2 is 1.57 bits per heavy atom. The molecule has 0 aromatic heterocycles. The van der Waals surface area contributed by atoms with Crippen LogP contribution < -0.4 is 10.6 Å². The molecule has 35 heavy (non-hydrogen) atoms. The van der Waals surface area contributed by atoms with Crippen molar-refractivity contribution < 1.29 is 43.8 Å². The summed E-state index contributed by atoms with van der Waals surface area (Å²) < 4.78 is 10.5. The van der Waals surface area contributed by atoms with Gasteiger partial charge in [-0.25, -0.2) is 14.4 Å². The molecule has 0 spiro atoms. The smallest absolute Gasteiger partial charge is 0.451 e. The molecule has 200 valence electrons. The fraction of sp³-hybridized carbons (Fsp3) is 0.818. The van der Waals surface area contributed by atoms with Crippen molar-refractivity contribution >= 4 is 31.2 Å². The number of rotatable bonds is 7. The summed E-state index contributed by atoms with van der Waals surface area (Å²) in [4.78, 5) is 51.9. The van der Waals surface area contributed by atoms with E-state index < -0.39 is 65.9 Å². The van der Waals surface area contributed by atoms with Crippen LogP contribution in [0.3, 0.4) is 0 Å². The number of hydrogen-bond acceptors (Lipinski definition) is 8. The maximum absolute atomic E-state index is 13.3. The molecule has 12 nitrogen and oxygen atoms in total. The van der Waals surface area contributed by atoms with Gasteiger partial charge in [0.25, 0.3) is 0 Å². The molecule has 0 aliphatic carbocycles. The van der Waals surface area contributed by atoms with Gasteiger partial charge in [0, 0.05) is 6.54 Å². The third-order valence-corrected chi connectivity index (χ3v) is 5.57. The molecule has 4 atom stereocenters. The molecule has 0 unspecified atom stereocenters. The minimum Gasteiger partial charge on any atom is -0.479 e. The molecule has 1 heterocycles. The highest BCUT2D eigenvalue weighted by atomic mass is 16.6. The minimum atomic E-state index is -1.91. The Morgan fingerprint density at radius 3 is 2.03 bits per heavy atom. The van der Waals surface area contributed by atoms with Gasteiger partial charge in [-0.15, -0.1) is 0 Å². The van der Waals surface area contributed by atoms with Crippen molar-refractivity contribution in [2.45, 2.75) is 103 Å². The Kier molecular flexibility index (Phi) is 9.99. The second kappa shape index (κ2) is 11.5. The Balaban J connectivity index is 3.27. The van der Waals surface area contributed by atoms with Crippen LogP contribution in [0.2, 0.25) is 6.32 Å². The monoisotopic (exact) mass is 501 g/mol. The summed E-state index contributed by atoms with van der Waals surface area (Å²) in [6, 6.07) is -2.07. The van der Waals surface area contributed by atoms with Crippen molar-refractivity contribution in [2.75, 3.05) is 6.54 Å². The average Bonchev–Trinajstić information content (AvgIpc) is 2.64. The van der Waals surface area contributed by atoms with Gasteiger partial charge in [-0.05, 0) is 74.0 Å². The zero-order chi connectivity index (χ0) is 27.4. The van der Waals surface area contributed by atoms with Gasteiger partial charge in [-0.3, -0.25) is 4.79 Å². The number of carbonyl (C=O) groups excluding carboxylic acids is 3. The van der Waals surface area contributed by atoms with Crippen LogP contribution in [-0.4, -0.2) is 86.6 Å². The van der Waals surface area contributed by atoms with Crippen LogP contribution in [0.15, 0.2) is 0 Å². The molecular weight excluding hydrogens is 461 g/mol. The number of likely N-dealkylation sites (tertiary alicyclic amines) is 1. The van der Waals surface area contributed by atoms with Crippen LogP contribution in [0.4, 0.5) is 9.59 Å². The molecule has 1 saturated heterocycles. The van der Waals surface area contributed by atoms with Crippen LogP contribution in [0.25, 0.3) is 0 Å². The molecule has 0 radical (unpaired) electrons. The standard InChI is InChI=1S/C22H40BN3O9/c1-13(24-18(30)34-20(3,4)5)16(27)26-12-15(9-10-23(32)33)11-22(14(26)2,17(28)29)25-19(31)35-21(6,7)8/h13-15,32-33H,9-12H2,1-8H3,(H,24,30)(H,25,31)(H,28,29)/t13-,14-,15-,22+/m0/s1. The number of piperidine rings is 1. The fourth-order valence-corrected chi connectivity index (χ4v) is 4.01. The van der Waals surface area contributed by atoms with Crippen molar-refractivity contribution in [2.24, 2.45) is 5.92 Å². The Bertz CT molecular complexity index is 794. The minimum absolute atomic E-state index is 0.0467. The van der Waals surface area contributed by atoms with E-state index in [0.717, 1.165) is 0 Å². The van der Waals surface area contributed by atoms with Crippen LogP contribution in [-0.2, 0) is 19.1 Å². The Morgan fingerprint density at radius 1 is 1.06 bits per heavy atom. The van der Waals surface area contributed by atoms with E-state index in [-0.39, 0.29) is 25.7 Å². The molecular formula is C22H40BN3O9. The summed E-state index contributed by atoms with van der Waals surface area (Å²) in [5.41, 5.74) is -3.58. The number of aliphatic carboxylic acids is 1. The second-order valence-corrected chi connectivity index (χ2v) is 11.1. The van der Waals surface area contributed by atoms with Crippen molar-refractivity contribution in [3.05, 3.63) is 0 Å². The number of carbonyl (C=O) groups is 4. The summed E-state index contributed by atoms with van der Waals surface area (Å²) in [6.07, 6.45) is -1.68. The Hall–Kier alpha value is -2.54. The predicted octanol–water partition coefficient (Wildman–Crippen LogP) is 1.35. The largest absolute Gasteiger partial charge is 0.479 e. The van der Waals surface area contributed by atoms with Crippen LogP contribution >= 0.6 is 0 Å². The highest BCUT2D eigenvalue weighted by Crippen LogP contribution is 2.35. The second-order valence-electron chi connectivity index (χ2n) is 11.1. The lowest BCUT2D eigenvalue weighted by Crippen LogP contribution is -2.72. The van der Waals surface area contributed by atoms with E-state index in [1.807, 2.05) is 0 Å². The van der Waals surface area contributed by atoms with Crippen molar-refractivity contribution in [1.82, 2.24) is 15.5 Å². The maximum Gasteiger partial charge on any atom is 0.451 e. The molecule has 0 saturated carbocycles. The first-order valence-corrected chi connectivity index (χ1v) is 11.7. The molecule has 1 rings (SSSR count). The first kappa shape index (κ1) is 30.5. The van der Waals surface area contributed by atoms with Gasteiger partial charge >= 0.3 is 25.3 Å². The first-order chi connectivity index (χ1) is 15.8. The van der Waals surface area contributed by atoms with Gasteiger partial charge in [-0.2, -0.15) is 0 Å². The summed E-state index contributed by atoms with van der Waals surface area (Å²) >= 11 is 0. The van der Waals surface area contributed by atoms with Crippen LogP contribution in [0.5, 0.6) is 0 Å². The van der Waals surface area contributed by atoms with Gasteiger partial charge in [-0.1, -0.05) is 6.42 Å². The topological polar surface area (TPSA) is 175 Å².